The van der Waals surface area contributed by atoms with E-state index in [1.807, 2.05) is 32.9 Å². The van der Waals surface area contributed by atoms with Gasteiger partial charge in [-0.1, -0.05) is 29.8 Å². The Morgan fingerprint density at radius 3 is 2.29 bits per heavy atom. The third-order valence-electron chi connectivity index (χ3n) is 4.11. The molecule has 2 aromatic rings. The molecule has 2 N–H and O–H groups in total. The number of anilines is 1. The summed E-state index contributed by atoms with van der Waals surface area (Å²) < 4.78 is 18.6. The van der Waals surface area contributed by atoms with Crippen molar-refractivity contribution >= 4 is 23.5 Å². The molecule has 2 aromatic carbocycles. The lowest BCUT2D eigenvalue weighted by Crippen LogP contribution is -2.36. The predicted molar refractivity (Wildman–Crippen MR) is 104 cm³/mol. The van der Waals surface area contributed by atoms with Crippen molar-refractivity contribution in [3.8, 4) is 0 Å². The summed E-state index contributed by atoms with van der Waals surface area (Å²) in [6, 6.07) is 9.30. The molecule has 2 rings (SSSR count). The Bertz CT molecular complexity index is 888. The first kappa shape index (κ1) is 21.1. The van der Waals surface area contributed by atoms with Gasteiger partial charge in [-0.15, -0.1) is 0 Å². The second-order valence-corrected chi connectivity index (χ2v) is 6.56. The fourth-order valence-corrected chi connectivity index (χ4v) is 2.79. The van der Waals surface area contributed by atoms with Gasteiger partial charge in [-0.05, 0) is 51.0 Å². The largest absolute Gasteiger partial charge is 0.451 e. The molecular weight excluding hydrogens is 363 g/mol. The van der Waals surface area contributed by atoms with Gasteiger partial charge in [-0.25, -0.2) is 4.39 Å². The van der Waals surface area contributed by atoms with Crippen LogP contribution in [0.25, 0.3) is 0 Å². The fraction of sp³-hybridized carbons (Fsp3) is 0.286. The summed E-state index contributed by atoms with van der Waals surface area (Å²) >= 11 is 0. The first-order valence-electron chi connectivity index (χ1n) is 8.80. The molecular formula is C21H23FN2O4. The van der Waals surface area contributed by atoms with Crippen molar-refractivity contribution in [3.63, 3.8) is 0 Å². The van der Waals surface area contributed by atoms with E-state index in [1.54, 1.807) is 0 Å². The highest BCUT2D eigenvalue weighted by Crippen LogP contribution is 2.22. The number of carbonyl (C=O) groups is 3. The summed E-state index contributed by atoms with van der Waals surface area (Å²) in [5, 5.41) is 5.03. The Morgan fingerprint density at radius 2 is 1.68 bits per heavy atom. The minimum Gasteiger partial charge on any atom is -0.451 e. The number of carbonyl (C=O) groups excluding carboxylic acids is 3. The van der Waals surface area contributed by atoms with E-state index in [-0.39, 0.29) is 5.56 Å². The maximum absolute atomic E-state index is 13.5. The zero-order valence-electron chi connectivity index (χ0n) is 16.3. The summed E-state index contributed by atoms with van der Waals surface area (Å²) in [4.78, 5) is 36.1. The molecule has 0 saturated heterocycles. The van der Waals surface area contributed by atoms with Crippen LogP contribution in [0.3, 0.4) is 0 Å². The van der Waals surface area contributed by atoms with Crippen LogP contribution in [0, 0.1) is 26.6 Å². The van der Waals surface area contributed by atoms with Gasteiger partial charge >= 0.3 is 5.97 Å². The first-order chi connectivity index (χ1) is 13.2. The Labute approximate surface area is 163 Å². The van der Waals surface area contributed by atoms with E-state index in [9.17, 15) is 18.8 Å². The molecule has 7 heteroatoms. The number of hydrogen-bond acceptors (Lipinski definition) is 4. The van der Waals surface area contributed by atoms with E-state index in [4.69, 9.17) is 4.74 Å². The number of esters is 1. The summed E-state index contributed by atoms with van der Waals surface area (Å²) in [6.07, 6.45) is -1.06. The second-order valence-electron chi connectivity index (χ2n) is 6.56. The Morgan fingerprint density at radius 1 is 1.07 bits per heavy atom. The number of benzene rings is 2. The molecule has 0 aliphatic heterocycles. The fourth-order valence-electron chi connectivity index (χ4n) is 2.79. The van der Waals surface area contributed by atoms with Crippen LogP contribution in [-0.2, 0) is 14.3 Å². The third-order valence-corrected chi connectivity index (χ3v) is 4.11. The van der Waals surface area contributed by atoms with Crippen LogP contribution in [0.1, 0.15) is 34.0 Å². The number of amides is 2. The monoisotopic (exact) mass is 386 g/mol. The molecule has 0 aromatic heterocycles. The zero-order valence-corrected chi connectivity index (χ0v) is 16.3. The minimum atomic E-state index is -1.06. The van der Waals surface area contributed by atoms with Crippen LogP contribution < -0.4 is 10.6 Å². The number of rotatable bonds is 6. The lowest BCUT2D eigenvalue weighted by atomic mass is 10.0. The molecule has 6 nitrogen and oxygen atoms in total. The molecule has 148 valence electrons. The van der Waals surface area contributed by atoms with Crippen molar-refractivity contribution in [2.75, 3.05) is 11.9 Å². The van der Waals surface area contributed by atoms with Gasteiger partial charge in [-0.2, -0.15) is 0 Å². The van der Waals surface area contributed by atoms with E-state index in [0.717, 1.165) is 22.8 Å². The van der Waals surface area contributed by atoms with Crippen LogP contribution >= 0.6 is 0 Å². The molecule has 0 radical (unpaired) electrons. The highest BCUT2D eigenvalue weighted by atomic mass is 19.1. The van der Waals surface area contributed by atoms with E-state index in [0.29, 0.717) is 5.69 Å². The Balaban J connectivity index is 1.89. The smallest absolute Gasteiger partial charge is 0.326 e. The van der Waals surface area contributed by atoms with Crippen LogP contribution in [0.15, 0.2) is 36.4 Å². The standard InChI is InChI=1S/C21H23FN2O4/c1-12-9-13(2)19(14(3)10-12)24-20(26)15(4)28-18(25)11-23-21(27)16-7-5-6-8-17(16)22/h5-10,15H,11H2,1-4H3,(H,23,27)(H,24,26)/t15-/m0/s1. The Kier molecular flexibility index (Phi) is 6.87. The Hall–Kier alpha value is -3.22. The maximum Gasteiger partial charge on any atom is 0.326 e. The van der Waals surface area contributed by atoms with Crippen LogP contribution in [0.5, 0.6) is 0 Å². The van der Waals surface area contributed by atoms with Crippen LogP contribution in [-0.4, -0.2) is 30.4 Å². The van der Waals surface area contributed by atoms with E-state index >= 15 is 0 Å². The topological polar surface area (TPSA) is 84.5 Å². The number of ether oxygens (including phenoxy) is 1. The van der Waals surface area contributed by atoms with Crippen molar-refractivity contribution in [2.24, 2.45) is 0 Å². The molecule has 28 heavy (non-hydrogen) atoms. The van der Waals surface area contributed by atoms with Crippen molar-refractivity contribution < 1.29 is 23.5 Å². The molecule has 2 amide bonds. The SMILES string of the molecule is Cc1cc(C)c(NC(=O)[C@H](C)OC(=O)CNC(=O)c2ccccc2F)c(C)c1. The van der Waals surface area contributed by atoms with E-state index in [2.05, 4.69) is 10.6 Å². The van der Waals surface area contributed by atoms with Gasteiger partial charge in [0, 0.05) is 5.69 Å². The van der Waals surface area contributed by atoms with Crippen LogP contribution in [0.4, 0.5) is 10.1 Å². The van der Waals surface area contributed by atoms with Gasteiger partial charge in [0.2, 0.25) is 0 Å². The number of nitrogens with one attached hydrogen (secondary N) is 2. The number of halogens is 1. The first-order valence-corrected chi connectivity index (χ1v) is 8.80. The van der Waals surface area contributed by atoms with Gasteiger partial charge < -0.3 is 15.4 Å². The molecule has 0 saturated carbocycles. The molecule has 0 aliphatic rings. The summed E-state index contributed by atoms with van der Waals surface area (Å²) in [5.41, 5.74) is 3.39. The normalized spacial score (nSPS) is 11.5. The molecule has 0 bridgehead atoms. The molecule has 0 fully saturated rings. The van der Waals surface area contributed by atoms with Crippen molar-refractivity contribution in [1.82, 2.24) is 5.32 Å². The van der Waals surface area contributed by atoms with Gasteiger partial charge in [-0.3, -0.25) is 14.4 Å². The quantitative estimate of drug-likeness (QED) is 0.748. The lowest BCUT2D eigenvalue weighted by Gasteiger charge is -2.17. The van der Waals surface area contributed by atoms with E-state index in [1.165, 1.54) is 25.1 Å². The van der Waals surface area contributed by atoms with Crippen molar-refractivity contribution in [1.29, 1.82) is 0 Å². The van der Waals surface area contributed by atoms with E-state index < -0.39 is 36.2 Å². The average Bonchev–Trinajstić information content (AvgIpc) is 2.62. The maximum atomic E-state index is 13.5. The minimum absolute atomic E-state index is 0.175. The zero-order chi connectivity index (χ0) is 20.8. The predicted octanol–water partition coefficient (Wildman–Crippen LogP) is 3.05. The summed E-state index contributed by atoms with van der Waals surface area (Å²) in [5.74, 6) is -2.71. The second kappa shape index (κ2) is 9.12. The number of hydrogen-bond donors (Lipinski definition) is 2. The summed E-state index contributed by atoms with van der Waals surface area (Å²) in [6.45, 7) is 6.68. The molecule has 1 atom stereocenters. The summed E-state index contributed by atoms with van der Waals surface area (Å²) in [7, 11) is 0. The number of aryl methyl sites for hydroxylation is 3. The lowest BCUT2D eigenvalue weighted by molar-refractivity contribution is -0.152. The molecule has 0 heterocycles. The van der Waals surface area contributed by atoms with Gasteiger partial charge in [0.25, 0.3) is 11.8 Å². The van der Waals surface area contributed by atoms with Gasteiger partial charge in [0.05, 0.1) is 5.56 Å². The highest BCUT2D eigenvalue weighted by Gasteiger charge is 2.20. The van der Waals surface area contributed by atoms with Gasteiger partial charge in [0.15, 0.2) is 6.10 Å². The van der Waals surface area contributed by atoms with Crippen LogP contribution in [0.2, 0.25) is 0 Å². The molecule has 0 spiro atoms. The molecule has 0 aliphatic carbocycles. The highest BCUT2D eigenvalue weighted by molar-refractivity contribution is 5.98. The van der Waals surface area contributed by atoms with Crippen molar-refractivity contribution in [3.05, 3.63) is 64.5 Å². The van der Waals surface area contributed by atoms with Crippen molar-refractivity contribution in [2.45, 2.75) is 33.8 Å². The third kappa shape index (κ3) is 5.39. The van der Waals surface area contributed by atoms with Gasteiger partial charge in [0.1, 0.15) is 12.4 Å². The average molecular weight is 386 g/mol. The molecule has 0 unspecified atom stereocenters.